The maximum absolute atomic E-state index is 5.33. The van der Waals surface area contributed by atoms with Crippen LogP contribution in [0.15, 0.2) is 0 Å². The van der Waals surface area contributed by atoms with Gasteiger partial charge >= 0.3 is 0 Å². The maximum Gasteiger partial charge on any atom is 0.141 e. The van der Waals surface area contributed by atoms with Gasteiger partial charge in [0.15, 0.2) is 0 Å². The minimum atomic E-state index is -0.244. The van der Waals surface area contributed by atoms with Crippen LogP contribution in [0, 0.1) is 0 Å². The third-order valence-corrected chi connectivity index (χ3v) is 4.94. The highest BCUT2D eigenvalue weighted by atomic mass is 28.2. The monoisotopic (exact) mass is 204 g/mol. The van der Waals surface area contributed by atoms with Crippen molar-refractivity contribution >= 4 is 9.52 Å². The molecule has 0 saturated carbocycles. The molecule has 0 N–H and O–H groups in total. The Morgan fingerprint density at radius 1 is 1.08 bits per heavy atom. The second kappa shape index (κ2) is 7.53. The Balaban J connectivity index is 3.39. The van der Waals surface area contributed by atoms with Gasteiger partial charge in [0.1, 0.15) is 5.41 Å². The fourth-order valence-corrected chi connectivity index (χ4v) is 2.99. The van der Waals surface area contributed by atoms with E-state index in [9.17, 15) is 0 Å². The van der Waals surface area contributed by atoms with E-state index in [1.54, 1.807) is 14.2 Å². The molecule has 0 atom stereocenters. The Morgan fingerprint density at radius 3 is 2.15 bits per heavy atom. The van der Waals surface area contributed by atoms with Crippen molar-refractivity contribution < 1.29 is 9.47 Å². The molecule has 2 nitrogen and oxygen atoms in total. The standard InChI is InChI=1S/C10H24O2Si/c1-5-6-7-8-9-13-10(2,11-3)12-4/h5-9,13H2,1-4H3. The molecular formula is C10H24O2Si. The van der Waals surface area contributed by atoms with Crippen LogP contribution in [-0.2, 0) is 9.47 Å². The molecule has 0 aromatic rings. The summed E-state index contributed by atoms with van der Waals surface area (Å²) >= 11 is 0. The van der Waals surface area contributed by atoms with Gasteiger partial charge in [0.05, 0.1) is 9.52 Å². The molecule has 0 unspecified atom stereocenters. The molecule has 0 aromatic heterocycles. The Kier molecular flexibility index (Phi) is 7.61. The van der Waals surface area contributed by atoms with Crippen LogP contribution in [0.4, 0.5) is 0 Å². The first-order valence-electron chi connectivity index (χ1n) is 5.29. The Hall–Kier alpha value is 0.137. The Morgan fingerprint density at radius 2 is 1.69 bits per heavy atom. The summed E-state index contributed by atoms with van der Waals surface area (Å²) in [4.78, 5) is 0. The van der Waals surface area contributed by atoms with Crippen LogP contribution in [0.25, 0.3) is 0 Å². The molecule has 3 heteroatoms. The number of hydrogen-bond acceptors (Lipinski definition) is 2. The predicted octanol–water partition coefficient (Wildman–Crippen LogP) is 2.12. The molecule has 0 fully saturated rings. The Bertz CT molecular complexity index is 113. The van der Waals surface area contributed by atoms with Crippen LogP contribution in [0.2, 0.25) is 6.04 Å². The van der Waals surface area contributed by atoms with E-state index in [0.717, 1.165) is 0 Å². The van der Waals surface area contributed by atoms with Crippen LogP contribution in [0.5, 0.6) is 0 Å². The lowest BCUT2D eigenvalue weighted by Gasteiger charge is -2.26. The molecule has 13 heavy (non-hydrogen) atoms. The molecule has 0 aromatic carbocycles. The van der Waals surface area contributed by atoms with Gasteiger partial charge in [-0.3, -0.25) is 0 Å². The molecular weight excluding hydrogens is 180 g/mol. The van der Waals surface area contributed by atoms with E-state index in [4.69, 9.17) is 9.47 Å². The van der Waals surface area contributed by atoms with E-state index in [2.05, 4.69) is 13.8 Å². The fourth-order valence-electron chi connectivity index (χ4n) is 1.34. The summed E-state index contributed by atoms with van der Waals surface area (Å²) in [5.41, 5.74) is -0.230. The van der Waals surface area contributed by atoms with Gasteiger partial charge in [-0.2, -0.15) is 0 Å². The quantitative estimate of drug-likeness (QED) is 0.342. The molecule has 80 valence electrons. The first kappa shape index (κ1) is 13.1. The molecule has 0 saturated heterocycles. The molecule has 0 spiro atoms. The van der Waals surface area contributed by atoms with Gasteiger partial charge in [-0.05, 0) is 6.92 Å². The summed E-state index contributed by atoms with van der Waals surface area (Å²) in [6, 6.07) is 1.33. The van der Waals surface area contributed by atoms with Crippen molar-refractivity contribution in [1.82, 2.24) is 0 Å². The number of hydrogen-bond donors (Lipinski definition) is 0. The van der Waals surface area contributed by atoms with Gasteiger partial charge in [-0.1, -0.05) is 38.7 Å². The summed E-state index contributed by atoms with van der Waals surface area (Å²) in [5, 5.41) is 0. The fraction of sp³-hybridized carbons (Fsp3) is 1.00. The van der Waals surface area contributed by atoms with E-state index in [1.807, 2.05) is 0 Å². The van der Waals surface area contributed by atoms with E-state index in [0.29, 0.717) is 0 Å². The van der Waals surface area contributed by atoms with Gasteiger partial charge < -0.3 is 9.47 Å². The van der Waals surface area contributed by atoms with Crippen molar-refractivity contribution in [1.29, 1.82) is 0 Å². The van der Waals surface area contributed by atoms with E-state index in [-0.39, 0.29) is 14.9 Å². The minimum absolute atomic E-state index is 0.230. The van der Waals surface area contributed by atoms with Gasteiger partial charge in [0.2, 0.25) is 0 Å². The van der Waals surface area contributed by atoms with Crippen LogP contribution in [0.3, 0.4) is 0 Å². The zero-order valence-electron chi connectivity index (χ0n) is 9.56. The van der Waals surface area contributed by atoms with Gasteiger partial charge in [0.25, 0.3) is 0 Å². The van der Waals surface area contributed by atoms with Crippen molar-refractivity contribution in [3.8, 4) is 0 Å². The lowest BCUT2D eigenvalue weighted by Crippen LogP contribution is -2.36. The maximum atomic E-state index is 5.33. The zero-order chi connectivity index (χ0) is 10.2. The number of ether oxygens (including phenoxy) is 2. The molecule has 0 radical (unpaired) electrons. The van der Waals surface area contributed by atoms with Crippen LogP contribution in [0.1, 0.15) is 39.5 Å². The lowest BCUT2D eigenvalue weighted by molar-refractivity contribution is -0.130. The summed E-state index contributed by atoms with van der Waals surface area (Å²) < 4.78 is 10.7. The van der Waals surface area contributed by atoms with Crippen molar-refractivity contribution in [2.45, 2.75) is 51.0 Å². The third kappa shape index (κ3) is 6.24. The van der Waals surface area contributed by atoms with Gasteiger partial charge in [-0.15, -0.1) is 0 Å². The average molecular weight is 204 g/mol. The van der Waals surface area contributed by atoms with Crippen molar-refractivity contribution in [2.75, 3.05) is 14.2 Å². The summed E-state index contributed by atoms with van der Waals surface area (Å²) in [5.74, 6) is 0. The normalized spacial score (nSPS) is 12.9. The van der Waals surface area contributed by atoms with Crippen molar-refractivity contribution in [2.24, 2.45) is 0 Å². The molecule has 0 rings (SSSR count). The molecule has 0 aliphatic heterocycles. The molecule has 0 heterocycles. The molecule has 0 amide bonds. The summed E-state index contributed by atoms with van der Waals surface area (Å²) in [6.07, 6.45) is 5.40. The average Bonchev–Trinajstić information content (AvgIpc) is 2.17. The van der Waals surface area contributed by atoms with Crippen molar-refractivity contribution in [3.05, 3.63) is 0 Å². The number of methoxy groups -OCH3 is 2. The minimum Gasteiger partial charge on any atom is -0.358 e. The zero-order valence-corrected chi connectivity index (χ0v) is 11.0. The highest BCUT2D eigenvalue weighted by molar-refractivity contribution is 6.38. The summed E-state index contributed by atoms with van der Waals surface area (Å²) in [6.45, 7) is 4.30. The molecule has 0 aliphatic carbocycles. The predicted molar refractivity (Wildman–Crippen MR) is 59.9 cm³/mol. The van der Waals surface area contributed by atoms with E-state index >= 15 is 0 Å². The highest BCUT2D eigenvalue weighted by Crippen LogP contribution is 2.12. The lowest BCUT2D eigenvalue weighted by atomic mass is 10.2. The largest absolute Gasteiger partial charge is 0.358 e. The first-order valence-corrected chi connectivity index (χ1v) is 6.99. The van der Waals surface area contributed by atoms with Crippen LogP contribution < -0.4 is 0 Å². The number of unbranched alkanes of at least 4 members (excludes halogenated alkanes) is 3. The Labute approximate surface area is 84.8 Å². The second-order valence-corrected chi connectivity index (χ2v) is 6.20. The molecule has 0 bridgehead atoms. The van der Waals surface area contributed by atoms with Crippen LogP contribution in [-0.4, -0.2) is 29.1 Å². The van der Waals surface area contributed by atoms with Gasteiger partial charge in [-0.25, -0.2) is 0 Å². The first-order chi connectivity index (χ1) is 6.18. The topological polar surface area (TPSA) is 18.5 Å². The smallest absolute Gasteiger partial charge is 0.141 e. The number of rotatable bonds is 8. The highest BCUT2D eigenvalue weighted by Gasteiger charge is 2.21. The van der Waals surface area contributed by atoms with Crippen LogP contribution >= 0.6 is 0 Å². The second-order valence-electron chi connectivity index (χ2n) is 3.71. The van der Waals surface area contributed by atoms with Crippen molar-refractivity contribution in [3.63, 3.8) is 0 Å². The molecule has 0 aliphatic rings. The van der Waals surface area contributed by atoms with E-state index < -0.39 is 0 Å². The third-order valence-electron chi connectivity index (χ3n) is 2.60. The van der Waals surface area contributed by atoms with Gasteiger partial charge in [0, 0.05) is 14.2 Å². The summed E-state index contributed by atoms with van der Waals surface area (Å²) in [7, 11) is 3.23. The SMILES string of the molecule is CCCCCC[SiH2]C(C)(OC)OC. The van der Waals surface area contributed by atoms with E-state index in [1.165, 1.54) is 31.7 Å².